The van der Waals surface area contributed by atoms with Gasteiger partial charge in [0.05, 0.1) is 11.5 Å². The molecular formula is C10H20N2O2S. The van der Waals surface area contributed by atoms with E-state index in [0.717, 1.165) is 26.1 Å². The molecule has 88 valence electrons. The molecule has 1 saturated carbocycles. The Bertz CT molecular complexity index is 322. The molecule has 0 unspecified atom stereocenters. The molecule has 0 aromatic rings. The van der Waals surface area contributed by atoms with Crippen LogP contribution in [0.1, 0.15) is 19.3 Å². The summed E-state index contributed by atoms with van der Waals surface area (Å²) < 4.78 is 22.8. The number of sulfone groups is 1. The fourth-order valence-electron chi connectivity index (χ4n) is 2.23. The van der Waals surface area contributed by atoms with Crippen molar-refractivity contribution >= 4 is 9.84 Å². The van der Waals surface area contributed by atoms with Crippen LogP contribution in [0.4, 0.5) is 0 Å². The van der Waals surface area contributed by atoms with Gasteiger partial charge in [-0.05, 0) is 37.8 Å². The number of rotatable bonds is 3. The average molecular weight is 232 g/mol. The standard InChI is InChI=1S/C10H20N2O2S/c11-8-10(2-3-10)9-12-4-1-6-15(13,14)7-5-12/h1-9,11H2. The first-order chi connectivity index (χ1) is 7.05. The van der Waals surface area contributed by atoms with E-state index in [1.165, 1.54) is 12.8 Å². The van der Waals surface area contributed by atoms with E-state index in [4.69, 9.17) is 5.73 Å². The fraction of sp³-hybridized carbons (Fsp3) is 1.00. The third-order valence-electron chi connectivity index (χ3n) is 3.60. The van der Waals surface area contributed by atoms with Crippen LogP contribution in [-0.2, 0) is 9.84 Å². The van der Waals surface area contributed by atoms with Crippen molar-refractivity contribution in [1.29, 1.82) is 0 Å². The normalized spacial score (nSPS) is 29.7. The van der Waals surface area contributed by atoms with Gasteiger partial charge in [0.1, 0.15) is 0 Å². The Labute approximate surface area is 91.7 Å². The third kappa shape index (κ3) is 2.92. The molecule has 0 spiro atoms. The molecular weight excluding hydrogens is 212 g/mol. The SMILES string of the molecule is NCC1(CN2CCCS(=O)(=O)CC2)CC1. The van der Waals surface area contributed by atoms with E-state index in [1.54, 1.807) is 0 Å². The minimum Gasteiger partial charge on any atom is -0.330 e. The van der Waals surface area contributed by atoms with Gasteiger partial charge in [0.25, 0.3) is 0 Å². The van der Waals surface area contributed by atoms with Gasteiger partial charge in [-0.1, -0.05) is 0 Å². The van der Waals surface area contributed by atoms with E-state index < -0.39 is 9.84 Å². The van der Waals surface area contributed by atoms with Gasteiger partial charge in [-0.15, -0.1) is 0 Å². The van der Waals surface area contributed by atoms with Gasteiger partial charge < -0.3 is 10.6 Å². The van der Waals surface area contributed by atoms with Crippen LogP contribution in [0.25, 0.3) is 0 Å². The second-order valence-corrected chi connectivity index (χ2v) is 7.29. The smallest absolute Gasteiger partial charge is 0.151 e. The Kier molecular flexibility index (Phi) is 3.05. The molecule has 2 aliphatic rings. The topological polar surface area (TPSA) is 63.4 Å². The van der Waals surface area contributed by atoms with E-state index >= 15 is 0 Å². The van der Waals surface area contributed by atoms with E-state index in [1.807, 2.05) is 0 Å². The lowest BCUT2D eigenvalue weighted by Crippen LogP contribution is -2.36. The molecule has 0 atom stereocenters. The lowest BCUT2D eigenvalue weighted by molar-refractivity contribution is 0.237. The summed E-state index contributed by atoms with van der Waals surface area (Å²) in [6.45, 7) is 3.36. The summed E-state index contributed by atoms with van der Waals surface area (Å²) >= 11 is 0. The summed E-state index contributed by atoms with van der Waals surface area (Å²) in [6.07, 6.45) is 3.21. The minimum atomic E-state index is -2.77. The Morgan fingerprint density at radius 2 is 1.93 bits per heavy atom. The lowest BCUT2D eigenvalue weighted by Gasteiger charge is -2.24. The Morgan fingerprint density at radius 1 is 1.20 bits per heavy atom. The number of nitrogens with zero attached hydrogens (tertiary/aromatic N) is 1. The maximum atomic E-state index is 11.4. The maximum absolute atomic E-state index is 11.4. The molecule has 4 nitrogen and oxygen atoms in total. The number of hydrogen-bond acceptors (Lipinski definition) is 4. The predicted octanol–water partition coefficient (Wildman–Crippen LogP) is -0.154. The molecule has 0 aromatic heterocycles. The zero-order chi connectivity index (χ0) is 10.9. The van der Waals surface area contributed by atoms with Crippen LogP contribution in [0.15, 0.2) is 0 Å². The van der Waals surface area contributed by atoms with E-state index in [0.29, 0.717) is 23.5 Å². The van der Waals surface area contributed by atoms with Crippen LogP contribution < -0.4 is 5.73 Å². The molecule has 0 aromatic carbocycles. The van der Waals surface area contributed by atoms with Crippen LogP contribution >= 0.6 is 0 Å². The van der Waals surface area contributed by atoms with Crippen molar-refractivity contribution in [3.63, 3.8) is 0 Å². The molecule has 2 rings (SSSR count). The van der Waals surface area contributed by atoms with Crippen molar-refractivity contribution in [3.05, 3.63) is 0 Å². The van der Waals surface area contributed by atoms with Gasteiger partial charge >= 0.3 is 0 Å². The van der Waals surface area contributed by atoms with Crippen LogP contribution in [0.2, 0.25) is 0 Å². The quantitative estimate of drug-likeness (QED) is 0.735. The Balaban J connectivity index is 1.89. The van der Waals surface area contributed by atoms with E-state index in [2.05, 4.69) is 4.90 Å². The molecule has 2 fully saturated rings. The molecule has 0 amide bonds. The Morgan fingerprint density at radius 3 is 2.53 bits per heavy atom. The first kappa shape index (κ1) is 11.4. The summed E-state index contributed by atoms with van der Waals surface area (Å²) in [7, 11) is -2.77. The summed E-state index contributed by atoms with van der Waals surface area (Å²) in [5.74, 6) is 0.687. The van der Waals surface area contributed by atoms with Crippen molar-refractivity contribution < 1.29 is 8.42 Å². The minimum absolute atomic E-state index is 0.327. The molecule has 1 saturated heterocycles. The summed E-state index contributed by atoms with van der Waals surface area (Å²) in [4.78, 5) is 2.28. The predicted molar refractivity (Wildman–Crippen MR) is 60.4 cm³/mol. The largest absolute Gasteiger partial charge is 0.330 e. The molecule has 1 heterocycles. The lowest BCUT2D eigenvalue weighted by atomic mass is 10.1. The molecule has 0 bridgehead atoms. The van der Waals surface area contributed by atoms with Gasteiger partial charge in [0, 0.05) is 13.1 Å². The Hall–Kier alpha value is -0.130. The van der Waals surface area contributed by atoms with Gasteiger partial charge in [0.15, 0.2) is 9.84 Å². The molecule has 1 aliphatic carbocycles. The molecule has 0 radical (unpaired) electrons. The zero-order valence-electron chi connectivity index (χ0n) is 9.11. The van der Waals surface area contributed by atoms with E-state index in [9.17, 15) is 8.42 Å². The summed E-state index contributed by atoms with van der Waals surface area (Å²) in [5.41, 5.74) is 6.06. The zero-order valence-corrected chi connectivity index (χ0v) is 9.93. The second-order valence-electron chi connectivity index (χ2n) is 4.99. The van der Waals surface area contributed by atoms with Crippen LogP contribution in [0.3, 0.4) is 0 Å². The van der Waals surface area contributed by atoms with Crippen molar-refractivity contribution in [2.45, 2.75) is 19.3 Å². The highest BCUT2D eigenvalue weighted by atomic mass is 32.2. The second kappa shape index (κ2) is 4.03. The average Bonchev–Trinajstić information content (AvgIpc) is 2.95. The van der Waals surface area contributed by atoms with Crippen LogP contribution in [0.5, 0.6) is 0 Å². The highest BCUT2D eigenvalue weighted by Gasteiger charge is 2.42. The molecule has 2 N–H and O–H groups in total. The van der Waals surface area contributed by atoms with Gasteiger partial charge in [-0.3, -0.25) is 0 Å². The van der Waals surface area contributed by atoms with Crippen molar-refractivity contribution in [2.75, 3.05) is 37.7 Å². The van der Waals surface area contributed by atoms with Crippen LogP contribution in [0, 0.1) is 5.41 Å². The highest BCUT2D eigenvalue weighted by molar-refractivity contribution is 7.91. The first-order valence-corrected chi connectivity index (χ1v) is 7.50. The first-order valence-electron chi connectivity index (χ1n) is 5.68. The van der Waals surface area contributed by atoms with Crippen molar-refractivity contribution in [3.8, 4) is 0 Å². The van der Waals surface area contributed by atoms with E-state index in [-0.39, 0.29) is 0 Å². The van der Waals surface area contributed by atoms with Gasteiger partial charge in [-0.2, -0.15) is 0 Å². The molecule has 15 heavy (non-hydrogen) atoms. The highest BCUT2D eigenvalue weighted by Crippen LogP contribution is 2.45. The van der Waals surface area contributed by atoms with Gasteiger partial charge in [-0.25, -0.2) is 8.42 Å². The van der Waals surface area contributed by atoms with Crippen LogP contribution in [-0.4, -0.2) is 51.0 Å². The monoisotopic (exact) mass is 232 g/mol. The fourth-order valence-corrected chi connectivity index (χ4v) is 3.54. The van der Waals surface area contributed by atoms with Crippen molar-refractivity contribution in [2.24, 2.45) is 11.1 Å². The summed E-state index contributed by atoms with van der Waals surface area (Å²) in [6, 6.07) is 0. The molecule has 1 aliphatic heterocycles. The third-order valence-corrected chi connectivity index (χ3v) is 5.31. The number of hydrogen-bond donors (Lipinski definition) is 1. The summed E-state index contributed by atoms with van der Waals surface area (Å²) in [5, 5.41) is 0. The maximum Gasteiger partial charge on any atom is 0.151 e. The van der Waals surface area contributed by atoms with Gasteiger partial charge in [0.2, 0.25) is 0 Å². The van der Waals surface area contributed by atoms with Crippen molar-refractivity contribution in [1.82, 2.24) is 4.90 Å². The number of nitrogens with two attached hydrogens (primary N) is 1. The molecule has 5 heteroatoms.